The lowest BCUT2D eigenvalue weighted by Gasteiger charge is -2.17. The van der Waals surface area contributed by atoms with E-state index >= 15 is 0 Å². The zero-order chi connectivity index (χ0) is 24.1. The highest BCUT2D eigenvalue weighted by Gasteiger charge is 2.31. The minimum atomic E-state index is -4.50. The molecule has 1 aromatic heterocycles. The number of aryl methyl sites for hydroxylation is 1. The molecule has 0 radical (unpaired) electrons. The van der Waals surface area contributed by atoms with Crippen LogP contribution in [0.25, 0.3) is 16.6 Å². The van der Waals surface area contributed by atoms with Gasteiger partial charge in [-0.3, -0.25) is 13.9 Å². The van der Waals surface area contributed by atoms with Crippen molar-refractivity contribution in [3.63, 3.8) is 0 Å². The summed E-state index contributed by atoms with van der Waals surface area (Å²) in [5.74, 6) is 0.752. The molecule has 1 heterocycles. The van der Waals surface area contributed by atoms with E-state index in [-0.39, 0.29) is 5.52 Å². The van der Waals surface area contributed by atoms with Crippen molar-refractivity contribution in [2.24, 2.45) is 11.1 Å². The van der Waals surface area contributed by atoms with Gasteiger partial charge in [-0.15, -0.1) is 0 Å². The Bertz CT molecular complexity index is 1160. The average Bonchev–Trinajstić information content (AvgIpc) is 2.67. The molecule has 0 aliphatic rings. The van der Waals surface area contributed by atoms with E-state index in [1.165, 1.54) is 10.6 Å². The second kappa shape index (κ2) is 10.7. The van der Waals surface area contributed by atoms with Gasteiger partial charge in [-0.05, 0) is 49.1 Å². The third kappa shape index (κ3) is 6.62. The number of para-hydroxylation sites is 1. The number of benzene rings is 2. The summed E-state index contributed by atoms with van der Waals surface area (Å²) in [5, 5.41) is 7.61. The quantitative estimate of drug-likeness (QED) is 0.550. The predicted molar refractivity (Wildman–Crippen MR) is 118 cm³/mol. The number of fused-ring (bicyclic) bond motifs is 1. The van der Waals surface area contributed by atoms with Gasteiger partial charge >= 0.3 is 11.9 Å². The zero-order valence-corrected chi connectivity index (χ0v) is 18.6. The van der Waals surface area contributed by atoms with Crippen LogP contribution in [0, 0.1) is 12.8 Å². The Kier molecular flexibility index (Phi) is 8.53. The van der Waals surface area contributed by atoms with Crippen LogP contribution in [0.4, 0.5) is 19.0 Å². The monoisotopic (exact) mass is 469 g/mol. The van der Waals surface area contributed by atoms with Gasteiger partial charge in [0.25, 0.3) is 0 Å². The lowest BCUT2D eigenvalue weighted by Crippen LogP contribution is -2.25. The van der Waals surface area contributed by atoms with Gasteiger partial charge in [0.2, 0.25) is 0 Å². The summed E-state index contributed by atoms with van der Waals surface area (Å²) in [5.41, 5.74) is 0.0362. The smallest absolute Gasteiger partial charge is 0.416 e. The molecule has 3 rings (SSSR count). The molecule has 0 fully saturated rings. The van der Waals surface area contributed by atoms with Gasteiger partial charge in [-0.25, -0.2) is 4.79 Å². The number of nitrogens with one attached hydrogen (secondary N) is 1. The van der Waals surface area contributed by atoms with Crippen LogP contribution < -0.4 is 16.1 Å². The molecule has 0 amide bonds. The van der Waals surface area contributed by atoms with Crippen LogP contribution in [0.3, 0.4) is 0 Å². The van der Waals surface area contributed by atoms with Gasteiger partial charge in [-0.2, -0.15) is 18.2 Å². The van der Waals surface area contributed by atoms with Crippen LogP contribution in [0.1, 0.15) is 31.4 Å². The van der Waals surface area contributed by atoms with Crippen LogP contribution in [0.15, 0.2) is 47.3 Å². The lowest BCUT2D eigenvalue weighted by atomic mass is 10.1. The molecule has 11 heteroatoms. The molecule has 0 spiro atoms. The van der Waals surface area contributed by atoms with E-state index < -0.39 is 28.7 Å². The molecule has 0 bridgehead atoms. The highest BCUT2D eigenvalue weighted by atomic mass is 32.2. The highest BCUT2D eigenvalue weighted by Crippen LogP contribution is 2.33. The van der Waals surface area contributed by atoms with E-state index in [9.17, 15) is 18.0 Å². The van der Waals surface area contributed by atoms with Crippen molar-refractivity contribution in [1.29, 1.82) is 0 Å². The summed E-state index contributed by atoms with van der Waals surface area (Å²) < 4.78 is 58.7. The average molecular weight is 470 g/mol. The van der Waals surface area contributed by atoms with Crippen molar-refractivity contribution < 1.29 is 21.9 Å². The van der Waals surface area contributed by atoms with Gasteiger partial charge in [0.05, 0.1) is 16.8 Å². The first kappa shape index (κ1) is 25.5. The molecule has 3 N–H and O–H groups in total. The first-order valence-electron chi connectivity index (χ1n) is 9.69. The van der Waals surface area contributed by atoms with E-state index in [1.807, 2.05) is 6.07 Å². The molecule has 174 valence electrons. The van der Waals surface area contributed by atoms with Crippen LogP contribution >= 0.6 is 0 Å². The van der Waals surface area contributed by atoms with E-state index in [1.54, 1.807) is 25.1 Å². The second-order valence-electron chi connectivity index (χ2n) is 7.46. The van der Waals surface area contributed by atoms with Gasteiger partial charge < -0.3 is 9.87 Å². The third-order valence-corrected chi connectivity index (χ3v) is 4.59. The molecule has 0 saturated carbocycles. The SMILES string of the molecule is Cc1ccccc1-n1c(=O)nc(NCCC(C)C)c2ccc(C(F)(F)F)cc21.NS(=O)[O-]. The van der Waals surface area contributed by atoms with Gasteiger partial charge in [0.15, 0.2) is 0 Å². The predicted octanol–water partition coefficient (Wildman–Crippen LogP) is 3.91. The van der Waals surface area contributed by atoms with Gasteiger partial charge in [0, 0.05) is 23.2 Å². The summed E-state index contributed by atoms with van der Waals surface area (Å²) in [6.07, 6.45) is -3.65. The number of halogens is 3. The Morgan fingerprint density at radius 3 is 2.41 bits per heavy atom. The summed E-state index contributed by atoms with van der Waals surface area (Å²) in [7, 11) is 0. The van der Waals surface area contributed by atoms with Crippen molar-refractivity contribution in [2.75, 3.05) is 11.9 Å². The molecule has 0 aliphatic heterocycles. The first-order chi connectivity index (χ1) is 14.9. The molecule has 7 nitrogen and oxygen atoms in total. The molecule has 3 aromatic rings. The number of hydrogen-bond acceptors (Lipinski definition) is 5. The minimum Gasteiger partial charge on any atom is -0.760 e. The summed E-state index contributed by atoms with van der Waals surface area (Å²) >= 11 is -2.36. The zero-order valence-electron chi connectivity index (χ0n) is 17.8. The summed E-state index contributed by atoms with van der Waals surface area (Å²) in [6.45, 7) is 6.52. The fourth-order valence-electron chi connectivity index (χ4n) is 3.06. The van der Waals surface area contributed by atoms with Crippen LogP contribution in [-0.2, 0) is 17.4 Å². The van der Waals surface area contributed by atoms with Gasteiger partial charge in [0.1, 0.15) is 5.82 Å². The number of aromatic nitrogens is 2. The molecule has 32 heavy (non-hydrogen) atoms. The Labute approximate surface area is 185 Å². The Hall–Kier alpha value is -2.76. The second-order valence-corrected chi connectivity index (χ2v) is 7.99. The maximum atomic E-state index is 13.3. The molecule has 1 atom stereocenters. The van der Waals surface area contributed by atoms with Crippen molar-refractivity contribution in [1.82, 2.24) is 9.55 Å². The van der Waals surface area contributed by atoms with Crippen molar-refractivity contribution >= 4 is 28.0 Å². The minimum absolute atomic E-state index is 0.177. The van der Waals surface area contributed by atoms with Crippen LogP contribution in [0.5, 0.6) is 0 Å². The Balaban J connectivity index is 0.000000837. The third-order valence-electron chi connectivity index (χ3n) is 4.59. The van der Waals surface area contributed by atoms with Crippen LogP contribution in [-0.4, -0.2) is 24.9 Å². The maximum Gasteiger partial charge on any atom is 0.416 e. The van der Waals surface area contributed by atoms with Crippen molar-refractivity contribution in [2.45, 2.75) is 33.4 Å². The molecular formula is C21H24F3N4O3S-. The fraction of sp³-hybridized carbons (Fsp3) is 0.333. The standard InChI is InChI=1S/C21H22F3N3O.H3NO2S/c1-13(2)10-11-25-19-16-9-8-15(21(22,23)24)12-18(16)27(20(28)26-19)17-7-5-4-6-14(17)3;1-4(2)3/h4-9,12-13H,10-11H2,1-3H3,(H,25,26,28);1H2,(H,2,3)/p-1. The molecule has 0 saturated heterocycles. The molecule has 0 aliphatic carbocycles. The van der Waals surface area contributed by atoms with Crippen molar-refractivity contribution in [3.05, 3.63) is 64.1 Å². The fourth-order valence-corrected chi connectivity index (χ4v) is 3.06. The van der Waals surface area contributed by atoms with Crippen LogP contribution in [0.2, 0.25) is 0 Å². The van der Waals surface area contributed by atoms with E-state index in [0.717, 1.165) is 24.1 Å². The van der Waals surface area contributed by atoms with Gasteiger partial charge in [-0.1, -0.05) is 32.0 Å². The normalized spacial score (nSPS) is 12.4. The molecule has 1 unspecified atom stereocenters. The summed E-state index contributed by atoms with van der Waals surface area (Å²) in [4.78, 5) is 16.9. The van der Waals surface area contributed by atoms with E-state index in [0.29, 0.717) is 29.4 Å². The number of nitrogens with two attached hydrogens (primary N) is 1. The molecule has 2 aromatic carbocycles. The lowest BCUT2D eigenvalue weighted by molar-refractivity contribution is -0.137. The number of rotatable bonds is 5. The Morgan fingerprint density at radius 2 is 1.84 bits per heavy atom. The summed E-state index contributed by atoms with van der Waals surface area (Å²) in [6, 6.07) is 10.4. The largest absolute Gasteiger partial charge is 0.760 e. The topological polar surface area (TPSA) is 113 Å². The maximum absolute atomic E-state index is 13.3. The molecular weight excluding hydrogens is 445 g/mol. The van der Waals surface area contributed by atoms with E-state index in [2.05, 4.69) is 29.3 Å². The van der Waals surface area contributed by atoms with Crippen molar-refractivity contribution in [3.8, 4) is 5.69 Å². The highest BCUT2D eigenvalue weighted by molar-refractivity contribution is 7.76. The number of nitrogens with zero attached hydrogens (tertiary/aromatic N) is 2. The number of anilines is 1. The van der Waals surface area contributed by atoms with E-state index in [4.69, 9.17) is 8.76 Å². The number of hydrogen-bond donors (Lipinski definition) is 2. The number of alkyl halides is 3. The first-order valence-corrected chi connectivity index (χ1v) is 10.8. The Morgan fingerprint density at radius 1 is 1.22 bits per heavy atom.